The summed E-state index contributed by atoms with van der Waals surface area (Å²) < 4.78 is 28.2. The van der Waals surface area contributed by atoms with Crippen LogP contribution in [0.15, 0.2) is 24.5 Å². The van der Waals surface area contributed by atoms with Gasteiger partial charge in [-0.25, -0.2) is 13.4 Å². The highest BCUT2D eigenvalue weighted by atomic mass is 32.2. The number of amides is 1. The molecule has 1 amide bonds. The Labute approximate surface area is 155 Å². The molecule has 1 aliphatic carbocycles. The molecule has 0 saturated carbocycles. The lowest BCUT2D eigenvalue weighted by atomic mass is 10.0. The fraction of sp³-hybridized carbons (Fsp3) is 0.667. The van der Waals surface area contributed by atoms with Gasteiger partial charge in [-0.15, -0.1) is 0 Å². The highest BCUT2D eigenvalue weighted by Crippen LogP contribution is 2.25. The zero-order valence-corrected chi connectivity index (χ0v) is 16.4. The molecule has 7 nitrogen and oxygen atoms in total. The minimum Gasteiger partial charge on any atom is -0.342 e. The van der Waals surface area contributed by atoms with Crippen LogP contribution in [-0.4, -0.2) is 65.0 Å². The number of carbonyl (C=O) groups excluding carboxylic acids is 1. The fourth-order valence-electron chi connectivity index (χ4n) is 3.92. The number of likely N-dealkylation sites (tertiary alicyclic amines) is 1. The molecule has 0 bridgehead atoms. The van der Waals surface area contributed by atoms with Crippen molar-refractivity contribution in [2.45, 2.75) is 45.2 Å². The van der Waals surface area contributed by atoms with Gasteiger partial charge in [0, 0.05) is 50.5 Å². The van der Waals surface area contributed by atoms with Crippen molar-refractivity contribution >= 4 is 15.9 Å². The summed E-state index contributed by atoms with van der Waals surface area (Å²) in [5, 5.41) is 0. The first-order chi connectivity index (χ1) is 12.4. The third-order valence-corrected chi connectivity index (χ3v) is 6.78. The highest BCUT2D eigenvalue weighted by molar-refractivity contribution is 7.88. The molecular weight excluding hydrogens is 352 g/mol. The first kappa shape index (κ1) is 19.1. The van der Waals surface area contributed by atoms with Gasteiger partial charge in [0.05, 0.1) is 6.26 Å². The van der Waals surface area contributed by atoms with Crippen molar-refractivity contribution in [2.75, 3.05) is 25.9 Å². The quantitative estimate of drug-likeness (QED) is 0.700. The van der Waals surface area contributed by atoms with Crippen molar-refractivity contribution < 1.29 is 13.2 Å². The van der Waals surface area contributed by atoms with E-state index in [2.05, 4.69) is 17.1 Å². The van der Waals surface area contributed by atoms with Gasteiger partial charge in [-0.2, -0.15) is 4.31 Å². The number of nitrogens with zero attached hydrogens (tertiary/aromatic N) is 4. The molecule has 1 aliphatic heterocycles. The van der Waals surface area contributed by atoms with Crippen molar-refractivity contribution in [2.24, 2.45) is 5.92 Å². The summed E-state index contributed by atoms with van der Waals surface area (Å²) in [5.74, 6) is 1.18. The van der Waals surface area contributed by atoms with E-state index in [-0.39, 0.29) is 17.9 Å². The molecule has 0 N–H and O–H groups in total. The van der Waals surface area contributed by atoms with E-state index in [9.17, 15) is 13.2 Å². The molecule has 1 aromatic rings. The normalized spacial score (nSPS) is 19.6. The van der Waals surface area contributed by atoms with Crippen molar-refractivity contribution in [3.05, 3.63) is 30.4 Å². The standard InChI is InChI=1S/C18H28N4O3S/c1-15-19-9-12-20(15)13-14-22(26(2,24)25)17-7-10-21(11-8-17)18(23)16-5-3-4-6-16/h3-4,9,12,16-17H,5-8,10-11,13-14H2,1-2H3. The monoisotopic (exact) mass is 380 g/mol. The Morgan fingerprint density at radius 3 is 2.46 bits per heavy atom. The second kappa shape index (κ2) is 7.92. The summed E-state index contributed by atoms with van der Waals surface area (Å²) >= 11 is 0. The summed E-state index contributed by atoms with van der Waals surface area (Å²) in [7, 11) is -3.30. The van der Waals surface area contributed by atoms with Crippen LogP contribution in [0.25, 0.3) is 0 Å². The van der Waals surface area contributed by atoms with Gasteiger partial charge in [0.1, 0.15) is 5.82 Å². The molecule has 2 heterocycles. The maximum Gasteiger partial charge on any atom is 0.226 e. The summed E-state index contributed by atoms with van der Waals surface area (Å²) in [6.45, 7) is 4.20. The van der Waals surface area contributed by atoms with Crippen molar-refractivity contribution in [3.8, 4) is 0 Å². The number of rotatable bonds is 6. The number of hydrogen-bond donors (Lipinski definition) is 0. The van der Waals surface area contributed by atoms with Crippen LogP contribution in [0.5, 0.6) is 0 Å². The Balaban J connectivity index is 1.58. The number of allylic oxidation sites excluding steroid dienone is 2. The molecule has 0 unspecified atom stereocenters. The smallest absolute Gasteiger partial charge is 0.226 e. The number of carbonyl (C=O) groups is 1. The average molecular weight is 381 g/mol. The van der Waals surface area contributed by atoms with Gasteiger partial charge in [-0.1, -0.05) is 12.2 Å². The molecule has 0 atom stereocenters. The lowest BCUT2D eigenvalue weighted by Gasteiger charge is -2.38. The molecule has 8 heteroatoms. The van der Waals surface area contributed by atoms with Crippen LogP contribution in [0, 0.1) is 12.8 Å². The van der Waals surface area contributed by atoms with Gasteiger partial charge in [-0.3, -0.25) is 4.79 Å². The summed E-state index contributed by atoms with van der Waals surface area (Å²) in [5.41, 5.74) is 0. The third-order valence-electron chi connectivity index (χ3n) is 5.45. The third kappa shape index (κ3) is 4.35. The van der Waals surface area contributed by atoms with Crippen LogP contribution in [0.2, 0.25) is 0 Å². The molecule has 26 heavy (non-hydrogen) atoms. The number of aromatic nitrogens is 2. The van der Waals surface area contributed by atoms with E-state index < -0.39 is 10.0 Å². The van der Waals surface area contributed by atoms with Crippen molar-refractivity contribution in [1.82, 2.24) is 18.8 Å². The zero-order valence-electron chi connectivity index (χ0n) is 15.5. The van der Waals surface area contributed by atoms with E-state index in [1.165, 1.54) is 6.26 Å². The van der Waals surface area contributed by atoms with Crippen LogP contribution in [0.4, 0.5) is 0 Å². The van der Waals surface area contributed by atoms with E-state index in [0.29, 0.717) is 39.0 Å². The Morgan fingerprint density at radius 2 is 1.92 bits per heavy atom. The molecule has 3 rings (SSSR count). The maximum absolute atomic E-state index is 12.5. The Hall–Kier alpha value is -1.67. The molecule has 1 aromatic heterocycles. The van der Waals surface area contributed by atoms with E-state index in [0.717, 1.165) is 18.7 Å². The summed E-state index contributed by atoms with van der Waals surface area (Å²) in [6.07, 6.45) is 12.1. The molecule has 0 radical (unpaired) electrons. The number of sulfonamides is 1. The lowest BCUT2D eigenvalue weighted by molar-refractivity contribution is -0.136. The first-order valence-corrected chi connectivity index (χ1v) is 11.1. The van der Waals surface area contributed by atoms with Crippen molar-refractivity contribution in [1.29, 1.82) is 0 Å². The topological polar surface area (TPSA) is 75.5 Å². The van der Waals surface area contributed by atoms with Crippen molar-refractivity contribution in [3.63, 3.8) is 0 Å². The maximum atomic E-state index is 12.5. The van der Waals surface area contributed by atoms with Gasteiger partial charge >= 0.3 is 0 Å². The van der Waals surface area contributed by atoms with Crippen LogP contribution >= 0.6 is 0 Å². The van der Waals surface area contributed by atoms with E-state index >= 15 is 0 Å². The number of aryl methyl sites for hydroxylation is 1. The van der Waals surface area contributed by atoms with Crippen LogP contribution in [-0.2, 0) is 21.4 Å². The second-order valence-electron chi connectivity index (χ2n) is 7.24. The van der Waals surface area contributed by atoms with E-state index in [4.69, 9.17) is 0 Å². The van der Waals surface area contributed by atoms with Gasteiger partial charge in [-0.05, 0) is 32.6 Å². The fourth-order valence-corrected chi connectivity index (χ4v) is 5.08. The second-order valence-corrected chi connectivity index (χ2v) is 9.17. The largest absolute Gasteiger partial charge is 0.342 e. The first-order valence-electron chi connectivity index (χ1n) is 9.24. The molecular formula is C18H28N4O3S. The van der Waals surface area contributed by atoms with Gasteiger partial charge in [0.15, 0.2) is 0 Å². The number of piperidine rings is 1. The van der Waals surface area contributed by atoms with Crippen LogP contribution < -0.4 is 0 Å². The average Bonchev–Trinajstić information content (AvgIpc) is 3.26. The SMILES string of the molecule is Cc1nccn1CCN(C1CCN(C(=O)C2CC=CC2)CC1)S(C)(=O)=O. The Morgan fingerprint density at radius 1 is 1.27 bits per heavy atom. The number of imidazole rings is 1. The zero-order chi connectivity index (χ0) is 18.7. The summed E-state index contributed by atoms with van der Waals surface area (Å²) in [6, 6.07) is -0.0421. The number of hydrogen-bond acceptors (Lipinski definition) is 4. The van der Waals surface area contributed by atoms with Crippen LogP contribution in [0.3, 0.4) is 0 Å². The van der Waals surface area contributed by atoms with Gasteiger partial charge < -0.3 is 9.47 Å². The highest BCUT2D eigenvalue weighted by Gasteiger charge is 2.33. The van der Waals surface area contributed by atoms with E-state index in [1.807, 2.05) is 22.6 Å². The Bertz CT molecular complexity index is 755. The van der Waals surface area contributed by atoms with E-state index in [1.54, 1.807) is 10.5 Å². The Kier molecular flexibility index (Phi) is 5.82. The molecule has 2 aliphatic rings. The van der Waals surface area contributed by atoms with Gasteiger partial charge in [0.2, 0.25) is 15.9 Å². The van der Waals surface area contributed by atoms with Gasteiger partial charge in [0.25, 0.3) is 0 Å². The predicted molar refractivity (Wildman–Crippen MR) is 100.0 cm³/mol. The molecule has 0 aromatic carbocycles. The molecule has 144 valence electrons. The molecule has 1 saturated heterocycles. The molecule has 0 spiro atoms. The predicted octanol–water partition coefficient (Wildman–Crippen LogP) is 1.41. The molecule has 1 fully saturated rings. The summed E-state index contributed by atoms with van der Waals surface area (Å²) in [4.78, 5) is 18.6. The minimum absolute atomic E-state index is 0.0421. The minimum atomic E-state index is -3.30. The lowest BCUT2D eigenvalue weighted by Crippen LogP contribution is -2.50. The van der Waals surface area contributed by atoms with Crippen LogP contribution in [0.1, 0.15) is 31.5 Å².